The molecule has 2 aromatic carbocycles. The van der Waals surface area contributed by atoms with E-state index >= 15 is 4.39 Å². The van der Waals surface area contributed by atoms with E-state index in [1.54, 1.807) is 17.0 Å². The van der Waals surface area contributed by atoms with Gasteiger partial charge in [0.1, 0.15) is 28.2 Å². The lowest BCUT2D eigenvalue weighted by atomic mass is 9.97. The number of nitrogens with two attached hydrogens (primary N) is 1. The number of amides is 1. The molecular formula is C27H24F2N6O2S. The van der Waals surface area contributed by atoms with Gasteiger partial charge >= 0.3 is 6.01 Å². The molecule has 0 aliphatic carbocycles. The first-order valence-corrected chi connectivity index (χ1v) is 12.6. The Kier molecular flexibility index (Phi) is 6.36. The number of aromatic nitrogens is 2. The molecule has 5 rings (SSSR count). The summed E-state index contributed by atoms with van der Waals surface area (Å²) in [6.07, 6.45) is 1.99. The van der Waals surface area contributed by atoms with Crippen LogP contribution in [0.2, 0.25) is 0 Å². The molecule has 2 aromatic heterocycles. The standard InChI is InChI=1S/C27H24F2N6O2S/c1-5-20(36)35-11-10-19(13(35)2)34(3)26-16-7-6-15(22(29)23(16)32-27(33-26)37-4)14-8-9-18(28)24-21(14)17(12-30)25(31)38-24/h5-9,13,19H,1,10-11,31H2,2-4H3. The number of nitriles is 1. The SMILES string of the molecule is C=CC(=O)N1CCC(N(C)c2nc(OC)nc3c(F)c(-c4ccc(F)c5sc(N)c(C#N)c45)ccc23)C1C. The van der Waals surface area contributed by atoms with E-state index in [4.69, 9.17) is 10.5 Å². The monoisotopic (exact) mass is 534 g/mol. The Morgan fingerprint density at radius 3 is 2.74 bits per heavy atom. The molecule has 1 amide bonds. The average Bonchev–Trinajstić information content (AvgIpc) is 3.47. The van der Waals surface area contributed by atoms with Crippen LogP contribution >= 0.6 is 11.3 Å². The van der Waals surface area contributed by atoms with Gasteiger partial charge in [0.05, 0.1) is 23.4 Å². The third kappa shape index (κ3) is 3.80. The second-order valence-electron chi connectivity index (χ2n) is 9.05. The van der Waals surface area contributed by atoms with Gasteiger partial charge in [-0.15, -0.1) is 11.3 Å². The normalized spacial score (nSPS) is 17.1. The van der Waals surface area contributed by atoms with Crippen molar-refractivity contribution in [1.29, 1.82) is 5.26 Å². The molecule has 0 saturated carbocycles. The zero-order chi connectivity index (χ0) is 27.3. The average molecular weight is 535 g/mol. The minimum atomic E-state index is -0.664. The van der Waals surface area contributed by atoms with Gasteiger partial charge in [-0.25, -0.2) is 8.78 Å². The summed E-state index contributed by atoms with van der Waals surface area (Å²) >= 11 is 0.950. The molecule has 0 spiro atoms. The van der Waals surface area contributed by atoms with E-state index in [2.05, 4.69) is 16.5 Å². The number of nitrogens with zero attached hydrogens (tertiary/aromatic N) is 5. The summed E-state index contributed by atoms with van der Waals surface area (Å²) in [5, 5.41) is 10.5. The lowest BCUT2D eigenvalue weighted by molar-refractivity contribution is -0.126. The fourth-order valence-electron chi connectivity index (χ4n) is 5.25. The van der Waals surface area contributed by atoms with Crippen molar-refractivity contribution in [3.05, 3.63) is 54.1 Å². The number of fused-ring (bicyclic) bond motifs is 2. The predicted molar refractivity (Wildman–Crippen MR) is 144 cm³/mol. The summed E-state index contributed by atoms with van der Waals surface area (Å²) in [4.78, 5) is 24.7. The molecule has 194 valence electrons. The number of rotatable bonds is 5. The molecule has 3 heterocycles. The maximum absolute atomic E-state index is 16.2. The molecule has 2 atom stereocenters. The molecule has 2 unspecified atom stereocenters. The number of methoxy groups -OCH3 is 1. The van der Waals surface area contributed by atoms with Crippen LogP contribution in [0.3, 0.4) is 0 Å². The number of likely N-dealkylation sites (tertiary alicyclic amines) is 1. The Morgan fingerprint density at radius 2 is 2.05 bits per heavy atom. The summed E-state index contributed by atoms with van der Waals surface area (Å²) in [5.41, 5.74) is 6.57. The highest BCUT2D eigenvalue weighted by Gasteiger charge is 2.36. The third-order valence-corrected chi connectivity index (χ3v) is 8.20. The van der Waals surface area contributed by atoms with Gasteiger partial charge in [0.2, 0.25) is 5.91 Å². The molecule has 1 saturated heterocycles. The molecule has 11 heteroatoms. The van der Waals surface area contributed by atoms with Crippen LogP contribution in [-0.2, 0) is 4.79 Å². The fraction of sp³-hybridized carbons (Fsp3) is 0.259. The molecule has 2 N–H and O–H groups in total. The molecule has 1 aliphatic rings. The summed E-state index contributed by atoms with van der Waals surface area (Å²) in [5.74, 6) is -0.900. The second-order valence-corrected chi connectivity index (χ2v) is 10.1. The van der Waals surface area contributed by atoms with Gasteiger partial charge < -0.3 is 20.3 Å². The Labute approximate surface area is 221 Å². The number of anilines is 2. The van der Waals surface area contributed by atoms with Crippen LogP contribution in [0, 0.1) is 23.0 Å². The van der Waals surface area contributed by atoms with E-state index in [0.717, 1.165) is 11.3 Å². The lowest BCUT2D eigenvalue weighted by Gasteiger charge is -2.32. The van der Waals surface area contributed by atoms with Crippen LogP contribution in [0.4, 0.5) is 19.6 Å². The maximum atomic E-state index is 16.2. The summed E-state index contributed by atoms with van der Waals surface area (Å²) in [6, 6.07) is 7.70. The zero-order valence-electron chi connectivity index (χ0n) is 21.0. The fourth-order valence-corrected chi connectivity index (χ4v) is 6.19. The summed E-state index contributed by atoms with van der Waals surface area (Å²) in [6.45, 7) is 6.09. The Balaban J connectivity index is 1.68. The lowest BCUT2D eigenvalue weighted by Crippen LogP contribution is -2.43. The molecule has 1 aliphatic heterocycles. The number of halogens is 2. The van der Waals surface area contributed by atoms with Gasteiger partial charge in [0, 0.05) is 36.0 Å². The van der Waals surface area contributed by atoms with Gasteiger partial charge in [-0.2, -0.15) is 15.2 Å². The number of hydrogen-bond donors (Lipinski definition) is 1. The summed E-state index contributed by atoms with van der Waals surface area (Å²) < 4.78 is 36.3. The van der Waals surface area contributed by atoms with Gasteiger partial charge in [-0.05, 0) is 37.1 Å². The van der Waals surface area contributed by atoms with E-state index in [9.17, 15) is 14.4 Å². The number of nitrogen functional groups attached to an aromatic ring is 1. The largest absolute Gasteiger partial charge is 0.467 e. The Morgan fingerprint density at radius 1 is 1.32 bits per heavy atom. The van der Waals surface area contributed by atoms with Gasteiger partial charge in [0.25, 0.3) is 0 Å². The van der Waals surface area contributed by atoms with Crippen molar-refractivity contribution in [3.8, 4) is 23.2 Å². The minimum Gasteiger partial charge on any atom is -0.467 e. The third-order valence-electron chi connectivity index (χ3n) is 7.17. The van der Waals surface area contributed by atoms with Crippen molar-refractivity contribution in [2.45, 2.75) is 25.4 Å². The first kappa shape index (κ1) is 25.4. The van der Waals surface area contributed by atoms with Crippen LogP contribution < -0.4 is 15.4 Å². The maximum Gasteiger partial charge on any atom is 0.318 e. The number of benzene rings is 2. The molecular weight excluding hydrogens is 510 g/mol. The number of hydrogen-bond acceptors (Lipinski definition) is 8. The van der Waals surface area contributed by atoms with Crippen LogP contribution in [0.5, 0.6) is 6.01 Å². The van der Waals surface area contributed by atoms with E-state index in [1.807, 2.05) is 24.9 Å². The van der Waals surface area contributed by atoms with Crippen molar-refractivity contribution in [3.63, 3.8) is 0 Å². The van der Waals surface area contributed by atoms with Crippen molar-refractivity contribution in [1.82, 2.24) is 14.9 Å². The van der Waals surface area contributed by atoms with E-state index in [0.29, 0.717) is 29.7 Å². The quantitative estimate of drug-likeness (QED) is 0.364. The van der Waals surface area contributed by atoms with Crippen LogP contribution in [0.15, 0.2) is 36.9 Å². The number of carbonyl (C=O) groups is 1. The number of thiophene rings is 1. The topological polar surface area (TPSA) is 108 Å². The number of likely N-dealkylation sites (N-methyl/N-ethyl adjacent to an activating group) is 1. The number of carbonyl (C=O) groups excluding carboxylic acids is 1. The first-order valence-electron chi connectivity index (χ1n) is 11.8. The molecule has 4 aromatic rings. The van der Waals surface area contributed by atoms with Crippen molar-refractivity contribution < 1.29 is 18.3 Å². The van der Waals surface area contributed by atoms with Crippen LogP contribution in [0.1, 0.15) is 18.9 Å². The Hall–Kier alpha value is -4.30. The highest BCUT2D eigenvalue weighted by Crippen LogP contribution is 2.43. The highest BCUT2D eigenvalue weighted by molar-refractivity contribution is 7.23. The molecule has 0 radical (unpaired) electrons. The van der Waals surface area contributed by atoms with Crippen molar-refractivity contribution in [2.24, 2.45) is 0 Å². The van der Waals surface area contributed by atoms with E-state index < -0.39 is 11.6 Å². The van der Waals surface area contributed by atoms with E-state index in [1.165, 1.54) is 25.3 Å². The predicted octanol–water partition coefficient (Wildman–Crippen LogP) is 4.86. The Bertz CT molecular complexity index is 1660. The number of ether oxygens (including phenoxy) is 1. The minimum absolute atomic E-state index is 0.0139. The van der Waals surface area contributed by atoms with Gasteiger partial charge in [-0.3, -0.25) is 4.79 Å². The van der Waals surface area contributed by atoms with Crippen LogP contribution in [0.25, 0.3) is 32.1 Å². The molecule has 0 bridgehead atoms. The first-order chi connectivity index (χ1) is 18.2. The van der Waals surface area contributed by atoms with Gasteiger partial charge in [0.15, 0.2) is 5.82 Å². The zero-order valence-corrected chi connectivity index (χ0v) is 21.8. The van der Waals surface area contributed by atoms with Crippen molar-refractivity contribution >= 4 is 49.1 Å². The smallest absolute Gasteiger partial charge is 0.318 e. The highest BCUT2D eigenvalue weighted by atomic mass is 32.1. The second kappa shape index (κ2) is 9.54. The van der Waals surface area contributed by atoms with Gasteiger partial charge in [-0.1, -0.05) is 18.7 Å². The van der Waals surface area contributed by atoms with Crippen LogP contribution in [-0.4, -0.2) is 53.6 Å². The summed E-state index contributed by atoms with van der Waals surface area (Å²) in [7, 11) is 3.24. The molecule has 1 fully saturated rings. The van der Waals surface area contributed by atoms with Crippen molar-refractivity contribution in [2.75, 3.05) is 31.3 Å². The molecule has 8 nitrogen and oxygen atoms in total. The molecule has 38 heavy (non-hydrogen) atoms. The van der Waals surface area contributed by atoms with E-state index in [-0.39, 0.29) is 55.7 Å².